The van der Waals surface area contributed by atoms with Gasteiger partial charge in [-0.15, -0.1) is 0 Å². The lowest BCUT2D eigenvalue weighted by Gasteiger charge is -2.05. The van der Waals surface area contributed by atoms with Crippen molar-refractivity contribution in [2.24, 2.45) is 7.05 Å². The largest absolute Gasteiger partial charge is 0.462 e. The van der Waals surface area contributed by atoms with Gasteiger partial charge < -0.3 is 9.47 Å². The molecule has 0 unspecified atom stereocenters. The molecule has 5 heteroatoms. The third-order valence-electron chi connectivity index (χ3n) is 2.25. The molecule has 0 spiro atoms. The highest BCUT2D eigenvalue weighted by Crippen LogP contribution is 2.10. The van der Waals surface area contributed by atoms with Crippen molar-refractivity contribution in [1.29, 1.82) is 0 Å². The van der Waals surface area contributed by atoms with E-state index in [9.17, 15) is 4.79 Å². The smallest absolute Gasteiger partial charge is 0.341 e. The van der Waals surface area contributed by atoms with Crippen LogP contribution in [-0.4, -0.2) is 29.0 Å². The zero-order chi connectivity index (χ0) is 12.7. The molecule has 0 saturated carbocycles. The van der Waals surface area contributed by atoms with Crippen LogP contribution in [-0.2, 0) is 23.1 Å². The van der Waals surface area contributed by atoms with Gasteiger partial charge in [0.2, 0.25) is 0 Å². The summed E-state index contributed by atoms with van der Waals surface area (Å²) in [5, 5.41) is 4.04. The second kappa shape index (κ2) is 6.85. The van der Waals surface area contributed by atoms with Gasteiger partial charge in [-0.2, -0.15) is 5.10 Å². The van der Waals surface area contributed by atoms with Crippen molar-refractivity contribution in [2.45, 2.75) is 20.5 Å². The molecule has 0 bridgehead atoms. The summed E-state index contributed by atoms with van der Waals surface area (Å²) in [6.45, 7) is 4.92. The summed E-state index contributed by atoms with van der Waals surface area (Å²) in [6.07, 6.45) is 5.32. The molecule has 1 aromatic rings. The Bertz CT molecular complexity index is 396. The minimum Gasteiger partial charge on any atom is -0.462 e. The van der Waals surface area contributed by atoms with Crippen LogP contribution in [0.3, 0.4) is 0 Å². The molecular formula is C12H18N2O3. The predicted octanol–water partition coefficient (Wildman–Crippen LogP) is 1.69. The first-order valence-electron chi connectivity index (χ1n) is 5.57. The number of hydrogen-bond acceptors (Lipinski definition) is 4. The first-order chi connectivity index (χ1) is 8.20. The number of carbonyl (C=O) groups is 1. The van der Waals surface area contributed by atoms with E-state index < -0.39 is 0 Å². The average Bonchev–Trinajstić information content (AvgIpc) is 2.67. The van der Waals surface area contributed by atoms with Gasteiger partial charge in [0.05, 0.1) is 31.7 Å². The lowest BCUT2D eigenvalue weighted by Crippen LogP contribution is -2.10. The van der Waals surface area contributed by atoms with Gasteiger partial charge >= 0.3 is 5.97 Å². The number of allylic oxidation sites excluding steroid dienone is 1. The molecule has 1 heterocycles. The number of nitrogens with zero attached hydrogens (tertiary/aromatic N) is 2. The summed E-state index contributed by atoms with van der Waals surface area (Å²) in [5.41, 5.74) is 1.20. The Hall–Kier alpha value is -1.62. The van der Waals surface area contributed by atoms with Crippen LogP contribution in [0.25, 0.3) is 0 Å². The Balaban J connectivity index is 2.69. The van der Waals surface area contributed by atoms with Crippen LogP contribution < -0.4 is 0 Å². The quantitative estimate of drug-likeness (QED) is 0.430. The number of ether oxygens (including phenoxy) is 2. The minimum absolute atomic E-state index is 0.342. The standard InChI is InChI=1S/C12H18N2O3/c1-4-6-7-16-9-11-10(8-13-14(11)3)12(15)17-5-2/h4,6,8H,5,7,9H2,1-3H3/b6-4+. The van der Waals surface area contributed by atoms with Crippen molar-refractivity contribution in [1.82, 2.24) is 9.78 Å². The first-order valence-corrected chi connectivity index (χ1v) is 5.57. The molecule has 17 heavy (non-hydrogen) atoms. The monoisotopic (exact) mass is 238 g/mol. The molecule has 0 amide bonds. The van der Waals surface area contributed by atoms with Crippen molar-refractivity contribution in [3.8, 4) is 0 Å². The Morgan fingerprint density at radius 1 is 1.59 bits per heavy atom. The summed E-state index contributed by atoms with van der Waals surface area (Å²) in [5.74, 6) is -0.356. The van der Waals surface area contributed by atoms with Crippen LogP contribution in [0.1, 0.15) is 29.9 Å². The summed E-state index contributed by atoms with van der Waals surface area (Å²) in [6, 6.07) is 0. The van der Waals surface area contributed by atoms with E-state index >= 15 is 0 Å². The van der Waals surface area contributed by atoms with Gasteiger partial charge in [-0.1, -0.05) is 12.2 Å². The van der Waals surface area contributed by atoms with E-state index in [0.717, 1.165) is 5.69 Å². The van der Waals surface area contributed by atoms with Crippen molar-refractivity contribution in [2.75, 3.05) is 13.2 Å². The van der Waals surface area contributed by atoms with E-state index in [-0.39, 0.29) is 5.97 Å². The molecule has 0 aliphatic carbocycles. The SMILES string of the molecule is C/C=C/COCc1c(C(=O)OCC)cnn1C. The highest BCUT2D eigenvalue weighted by Gasteiger charge is 2.16. The highest BCUT2D eigenvalue weighted by molar-refractivity contribution is 5.90. The van der Waals surface area contributed by atoms with E-state index in [1.807, 2.05) is 19.1 Å². The number of esters is 1. The minimum atomic E-state index is -0.356. The fourth-order valence-corrected chi connectivity index (χ4v) is 1.33. The Morgan fingerprint density at radius 2 is 2.35 bits per heavy atom. The topological polar surface area (TPSA) is 53.4 Å². The molecular weight excluding hydrogens is 220 g/mol. The summed E-state index contributed by atoms with van der Waals surface area (Å²) in [7, 11) is 1.77. The first kappa shape index (κ1) is 13.4. The van der Waals surface area contributed by atoms with Crippen molar-refractivity contribution in [3.63, 3.8) is 0 Å². The van der Waals surface area contributed by atoms with Gasteiger partial charge in [0.25, 0.3) is 0 Å². The van der Waals surface area contributed by atoms with E-state index in [0.29, 0.717) is 25.4 Å². The number of aromatic nitrogens is 2. The Morgan fingerprint density at radius 3 is 3.00 bits per heavy atom. The third kappa shape index (κ3) is 3.71. The third-order valence-corrected chi connectivity index (χ3v) is 2.25. The maximum Gasteiger partial charge on any atom is 0.341 e. The average molecular weight is 238 g/mol. The molecule has 0 aromatic carbocycles. The molecule has 0 radical (unpaired) electrons. The molecule has 1 aromatic heterocycles. The molecule has 94 valence electrons. The van der Waals surface area contributed by atoms with E-state index in [4.69, 9.17) is 9.47 Å². The van der Waals surface area contributed by atoms with Crippen LogP contribution in [0.15, 0.2) is 18.3 Å². The highest BCUT2D eigenvalue weighted by atomic mass is 16.5. The van der Waals surface area contributed by atoms with Crippen LogP contribution >= 0.6 is 0 Å². The number of rotatable bonds is 6. The second-order valence-electron chi connectivity index (χ2n) is 3.43. The zero-order valence-electron chi connectivity index (χ0n) is 10.5. The molecule has 0 aliphatic rings. The molecule has 0 aliphatic heterocycles. The molecule has 0 fully saturated rings. The molecule has 0 saturated heterocycles. The molecule has 0 atom stereocenters. The lowest BCUT2D eigenvalue weighted by molar-refractivity contribution is 0.0519. The number of aryl methyl sites for hydroxylation is 1. The molecule has 1 rings (SSSR count). The fourth-order valence-electron chi connectivity index (χ4n) is 1.33. The van der Waals surface area contributed by atoms with Gasteiger partial charge in [0.15, 0.2) is 0 Å². The van der Waals surface area contributed by atoms with Gasteiger partial charge in [-0.3, -0.25) is 4.68 Å². The second-order valence-corrected chi connectivity index (χ2v) is 3.43. The van der Waals surface area contributed by atoms with E-state index in [2.05, 4.69) is 5.10 Å². The maximum absolute atomic E-state index is 11.6. The van der Waals surface area contributed by atoms with Crippen LogP contribution in [0.4, 0.5) is 0 Å². The number of hydrogen-bond donors (Lipinski definition) is 0. The Kier molecular flexibility index (Phi) is 5.42. The molecule has 5 nitrogen and oxygen atoms in total. The van der Waals surface area contributed by atoms with Crippen LogP contribution in [0.2, 0.25) is 0 Å². The summed E-state index contributed by atoms with van der Waals surface area (Å²) >= 11 is 0. The summed E-state index contributed by atoms with van der Waals surface area (Å²) in [4.78, 5) is 11.6. The van der Waals surface area contributed by atoms with Gasteiger partial charge in [-0.05, 0) is 13.8 Å². The van der Waals surface area contributed by atoms with Gasteiger partial charge in [0.1, 0.15) is 5.56 Å². The fraction of sp³-hybridized carbons (Fsp3) is 0.500. The summed E-state index contributed by atoms with van der Waals surface area (Å²) < 4.78 is 12.0. The maximum atomic E-state index is 11.6. The predicted molar refractivity (Wildman–Crippen MR) is 63.6 cm³/mol. The zero-order valence-corrected chi connectivity index (χ0v) is 10.5. The van der Waals surface area contributed by atoms with Crippen molar-refractivity contribution < 1.29 is 14.3 Å². The normalized spacial score (nSPS) is 11.0. The lowest BCUT2D eigenvalue weighted by atomic mass is 10.2. The van der Waals surface area contributed by atoms with Crippen LogP contribution in [0, 0.1) is 0 Å². The Labute approximate surface area is 101 Å². The van der Waals surface area contributed by atoms with Crippen molar-refractivity contribution in [3.05, 3.63) is 29.6 Å². The van der Waals surface area contributed by atoms with E-state index in [1.54, 1.807) is 18.7 Å². The van der Waals surface area contributed by atoms with Crippen LogP contribution in [0.5, 0.6) is 0 Å². The number of carbonyl (C=O) groups excluding carboxylic acids is 1. The molecule has 0 N–H and O–H groups in total. The van der Waals surface area contributed by atoms with E-state index in [1.165, 1.54) is 6.20 Å². The van der Waals surface area contributed by atoms with Gasteiger partial charge in [-0.25, -0.2) is 4.79 Å². The van der Waals surface area contributed by atoms with Crippen molar-refractivity contribution >= 4 is 5.97 Å². The van der Waals surface area contributed by atoms with Gasteiger partial charge in [0, 0.05) is 7.05 Å².